The molecule has 0 aromatic carbocycles. The summed E-state index contributed by atoms with van der Waals surface area (Å²) in [7, 11) is 1.68. The van der Waals surface area contributed by atoms with Crippen molar-refractivity contribution in [3.8, 4) is 0 Å². The van der Waals surface area contributed by atoms with Gasteiger partial charge in [-0.1, -0.05) is 13.8 Å². The van der Waals surface area contributed by atoms with Crippen LogP contribution in [0, 0.1) is 5.92 Å². The molecule has 0 aliphatic rings. The lowest BCUT2D eigenvalue weighted by molar-refractivity contribution is -0.121. The first-order valence-electron chi connectivity index (χ1n) is 6.08. The van der Waals surface area contributed by atoms with Crippen molar-refractivity contribution in [3.63, 3.8) is 0 Å². The summed E-state index contributed by atoms with van der Waals surface area (Å²) in [6, 6.07) is 0.273. The zero-order valence-corrected chi connectivity index (χ0v) is 11.8. The number of hydrogen-bond donors (Lipinski definition) is 2. The van der Waals surface area contributed by atoms with E-state index < -0.39 is 0 Å². The van der Waals surface area contributed by atoms with Crippen LogP contribution in [0.15, 0.2) is 0 Å². The molecule has 1 atom stereocenters. The van der Waals surface area contributed by atoms with Gasteiger partial charge in [0.1, 0.15) is 0 Å². The Kier molecular flexibility index (Phi) is 9.83. The van der Waals surface area contributed by atoms with E-state index in [0.717, 1.165) is 12.5 Å². The summed E-state index contributed by atoms with van der Waals surface area (Å²) in [4.78, 5) is 11.1. The van der Waals surface area contributed by atoms with Gasteiger partial charge in [-0.3, -0.25) is 4.79 Å². The fourth-order valence-corrected chi connectivity index (χ4v) is 2.28. The lowest BCUT2D eigenvalue weighted by Gasteiger charge is -2.12. The van der Waals surface area contributed by atoms with Crippen molar-refractivity contribution >= 4 is 17.7 Å². The average molecular weight is 246 g/mol. The number of hydrogen-bond acceptors (Lipinski definition) is 3. The molecule has 0 bridgehead atoms. The Hall–Kier alpha value is -0.220. The van der Waals surface area contributed by atoms with E-state index in [9.17, 15) is 4.79 Å². The number of carbonyl (C=O) groups excluding carboxylic acids is 1. The number of carbonyl (C=O) groups is 1. The topological polar surface area (TPSA) is 41.1 Å². The van der Waals surface area contributed by atoms with E-state index in [2.05, 4.69) is 31.4 Å². The van der Waals surface area contributed by atoms with Gasteiger partial charge in [-0.25, -0.2) is 0 Å². The van der Waals surface area contributed by atoms with Crippen LogP contribution in [-0.4, -0.2) is 37.0 Å². The maximum Gasteiger partial charge on any atom is 0.221 e. The van der Waals surface area contributed by atoms with E-state index in [4.69, 9.17) is 0 Å². The predicted octanol–water partition coefficient (Wildman–Crippen LogP) is 1.88. The Balaban J connectivity index is 3.27. The highest BCUT2D eigenvalue weighted by atomic mass is 32.2. The number of rotatable bonds is 9. The van der Waals surface area contributed by atoms with Crippen molar-refractivity contribution < 1.29 is 4.79 Å². The third-order valence-electron chi connectivity index (χ3n) is 2.18. The maximum absolute atomic E-state index is 11.1. The van der Waals surface area contributed by atoms with Crippen LogP contribution in [0.3, 0.4) is 0 Å². The molecule has 0 aliphatic carbocycles. The summed E-state index contributed by atoms with van der Waals surface area (Å²) in [6.07, 6.45) is 1.74. The molecule has 16 heavy (non-hydrogen) atoms. The zero-order chi connectivity index (χ0) is 12.4. The molecule has 0 aromatic heterocycles. The Morgan fingerprint density at radius 1 is 1.31 bits per heavy atom. The van der Waals surface area contributed by atoms with E-state index in [1.807, 2.05) is 11.8 Å². The standard InChI is InChI=1S/C12H26N2OS/c1-10(2)9-16-7-5-6-14-11(3)8-12(15)13-4/h10-11,14H,5-9H2,1-4H3,(H,13,15). The van der Waals surface area contributed by atoms with E-state index in [-0.39, 0.29) is 11.9 Å². The molecule has 0 saturated carbocycles. The highest BCUT2D eigenvalue weighted by Crippen LogP contribution is 2.08. The first-order valence-corrected chi connectivity index (χ1v) is 7.23. The van der Waals surface area contributed by atoms with E-state index in [1.165, 1.54) is 17.9 Å². The van der Waals surface area contributed by atoms with Gasteiger partial charge in [0.05, 0.1) is 0 Å². The summed E-state index contributed by atoms with van der Waals surface area (Å²) in [5, 5.41) is 6.00. The first-order chi connectivity index (χ1) is 7.56. The number of nitrogens with one attached hydrogen (secondary N) is 2. The molecular weight excluding hydrogens is 220 g/mol. The molecule has 0 heterocycles. The van der Waals surface area contributed by atoms with Crippen LogP contribution in [0.2, 0.25) is 0 Å². The summed E-state index contributed by atoms with van der Waals surface area (Å²) >= 11 is 2.01. The van der Waals surface area contributed by atoms with Gasteiger partial charge in [-0.05, 0) is 37.3 Å². The summed E-state index contributed by atoms with van der Waals surface area (Å²) in [5.41, 5.74) is 0. The normalized spacial score (nSPS) is 12.8. The second kappa shape index (κ2) is 9.97. The SMILES string of the molecule is CNC(=O)CC(C)NCCCSCC(C)C. The molecule has 3 nitrogen and oxygen atoms in total. The van der Waals surface area contributed by atoms with E-state index >= 15 is 0 Å². The second-order valence-electron chi connectivity index (χ2n) is 4.55. The molecular formula is C12H26N2OS. The molecule has 0 rings (SSSR count). The van der Waals surface area contributed by atoms with Crippen molar-refractivity contribution in [1.29, 1.82) is 0 Å². The van der Waals surface area contributed by atoms with Gasteiger partial charge in [-0.2, -0.15) is 11.8 Å². The summed E-state index contributed by atoms with van der Waals surface area (Å²) in [6.45, 7) is 7.55. The van der Waals surface area contributed by atoms with Crippen LogP contribution in [0.4, 0.5) is 0 Å². The third kappa shape index (κ3) is 10.3. The predicted molar refractivity (Wildman–Crippen MR) is 72.9 cm³/mol. The first kappa shape index (κ1) is 15.8. The van der Waals surface area contributed by atoms with Gasteiger partial charge in [0.15, 0.2) is 0 Å². The minimum Gasteiger partial charge on any atom is -0.359 e. The van der Waals surface area contributed by atoms with Crippen LogP contribution in [0.1, 0.15) is 33.6 Å². The van der Waals surface area contributed by atoms with Crippen LogP contribution in [0.25, 0.3) is 0 Å². The molecule has 96 valence electrons. The van der Waals surface area contributed by atoms with E-state index in [0.29, 0.717) is 6.42 Å². The molecule has 1 amide bonds. The highest BCUT2D eigenvalue weighted by Gasteiger charge is 2.05. The number of amides is 1. The van der Waals surface area contributed by atoms with Crippen LogP contribution in [0.5, 0.6) is 0 Å². The molecule has 0 radical (unpaired) electrons. The monoisotopic (exact) mass is 246 g/mol. The van der Waals surface area contributed by atoms with Gasteiger partial charge < -0.3 is 10.6 Å². The van der Waals surface area contributed by atoms with Gasteiger partial charge in [0.2, 0.25) is 5.91 Å². The quantitative estimate of drug-likeness (QED) is 0.610. The van der Waals surface area contributed by atoms with Gasteiger partial charge in [0, 0.05) is 19.5 Å². The van der Waals surface area contributed by atoms with Gasteiger partial charge in [0.25, 0.3) is 0 Å². The highest BCUT2D eigenvalue weighted by molar-refractivity contribution is 7.99. The Labute approximate surface area is 104 Å². The maximum atomic E-state index is 11.1. The van der Waals surface area contributed by atoms with Gasteiger partial charge >= 0.3 is 0 Å². The number of thioether (sulfide) groups is 1. The minimum absolute atomic E-state index is 0.106. The Morgan fingerprint density at radius 3 is 2.56 bits per heavy atom. The average Bonchev–Trinajstić information content (AvgIpc) is 2.22. The van der Waals surface area contributed by atoms with Crippen molar-refractivity contribution in [2.45, 2.75) is 39.7 Å². The molecule has 0 spiro atoms. The molecule has 0 aliphatic heterocycles. The fraction of sp³-hybridized carbons (Fsp3) is 0.917. The van der Waals surface area contributed by atoms with E-state index in [1.54, 1.807) is 7.05 Å². The molecule has 0 aromatic rings. The minimum atomic E-state index is 0.106. The molecule has 0 fully saturated rings. The third-order valence-corrected chi connectivity index (χ3v) is 3.66. The molecule has 2 N–H and O–H groups in total. The Morgan fingerprint density at radius 2 is 2.00 bits per heavy atom. The summed E-state index contributed by atoms with van der Waals surface area (Å²) < 4.78 is 0. The van der Waals surface area contributed by atoms with Crippen LogP contribution in [-0.2, 0) is 4.79 Å². The Bertz CT molecular complexity index is 186. The van der Waals surface area contributed by atoms with Crippen LogP contribution >= 0.6 is 11.8 Å². The smallest absolute Gasteiger partial charge is 0.221 e. The second-order valence-corrected chi connectivity index (χ2v) is 5.70. The van der Waals surface area contributed by atoms with Crippen molar-refractivity contribution in [2.24, 2.45) is 5.92 Å². The summed E-state index contributed by atoms with van der Waals surface area (Å²) in [5.74, 6) is 3.34. The largest absolute Gasteiger partial charge is 0.359 e. The zero-order valence-electron chi connectivity index (χ0n) is 11.0. The lowest BCUT2D eigenvalue weighted by Crippen LogP contribution is -2.33. The van der Waals surface area contributed by atoms with Crippen molar-refractivity contribution in [2.75, 3.05) is 25.1 Å². The van der Waals surface area contributed by atoms with Crippen LogP contribution < -0.4 is 10.6 Å². The molecule has 0 saturated heterocycles. The molecule has 1 unspecified atom stereocenters. The fourth-order valence-electron chi connectivity index (χ4n) is 1.29. The van der Waals surface area contributed by atoms with Gasteiger partial charge in [-0.15, -0.1) is 0 Å². The molecule has 4 heteroatoms. The van der Waals surface area contributed by atoms with Crippen molar-refractivity contribution in [1.82, 2.24) is 10.6 Å². The van der Waals surface area contributed by atoms with Crippen molar-refractivity contribution in [3.05, 3.63) is 0 Å². The lowest BCUT2D eigenvalue weighted by atomic mass is 10.2.